The second-order valence-electron chi connectivity index (χ2n) is 5.55. The van der Waals surface area contributed by atoms with E-state index in [1.807, 2.05) is 18.2 Å². The summed E-state index contributed by atoms with van der Waals surface area (Å²) >= 11 is 1.18. The maximum atomic E-state index is 12.4. The number of sulfone groups is 1. The van der Waals surface area contributed by atoms with Gasteiger partial charge in [-0.2, -0.15) is 4.68 Å². The molecule has 1 heterocycles. The van der Waals surface area contributed by atoms with Crippen LogP contribution in [0.25, 0.3) is 5.69 Å². The van der Waals surface area contributed by atoms with E-state index >= 15 is 0 Å². The lowest BCUT2D eigenvalue weighted by Crippen LogP contribution is -2.06. The van der Waals surface area contributed by atoms with E-state index in [1.54, 1.807) is 13.2 Å². The summed E-state index contributed by atoms with van der Waals surface area (Å²) in [5, 5.41) is 12.0. The number of para-hydroxylation sites is 2. The van der Waals surface area contributed by atoms with Crippen molar-refractivity contribution in [2.75, 3.05) is 19.1 Å². The highest BCUT2D eigenvalue weighted by atomic mass is 32.2. The zero-order chi connectivity index (χ0) is 19.4. The van der Waals surface area contributed by atoms with Gasteiger partial charge in [-0.3, -0.25) is 4.79 Å². The number of rotatable bonds is 7. The zero-order valence-corrected chi connectivity index (χ0v) is 16.2. The van der Waals surface area contributed by atoms with E-state index in [9.17, 15) is 13.2 Å². The second kappa shape index (κ2) is 7.89. The molecule has 0 aliphatic rings. The van der Waals surface area contributed by atoms with Gasteiger partial charge in [-0.15, -0.1) is 5.10 Å². The lowest BCUT2D eigenvalue weighted by atomic mass is 10.1. The molecule has 1 aromatic heterocycles. The van der Waals surface area contributed by atoms with E-state index in [2.05, 4.69) is 15.5 Å². The Balaban J connectivity index is 1.75. The van der Waals surface area contributed by atoms with E-state index in [1.165, 1.54) is 40.7 Å². The fraction of sp³-hybridized carbons (Fsp3) is 0.176. The summed E-state index contributed by atoms with van der Waals surface area (Å²) in [7, 11) is -1.74. The van der Waals surface area contributed by atoms with Crippen molar-refractivity contribution < 1.29 is 17.9 Å². The molecule has 0 saturated heterocycles. The van der Waals surface area contributed by atoms with Crippen LogP contribution in [0.1, 0.15) is 10.4 Å². The average Bonchev–Trinajstić information content (AvgIpc) is 3.14. The van der Waals surface area contributed by atoms with Gasteiger partial charge in [0, 0.05) is 11.8 Å². The van der Waals surface area contributed by atoms with Crippen molar-refractivity contribution in [3.05, 3.63) is 54.1 Å². The van der Waals surface area contributed by atoms with Gasteiger partial charge in [0.15, 0.2) is 15.6 Å². The molecule has 3 rings (SSSR count). The Kier molecular flexibility index (Phi) is 5.57. The fourth-order valence-corrected chi connectivity index (χ4v) is 3.74. The molecule has 0 saturated carbocycles. The molecule has 0 bridgehead atoms. The van der Waals surface area contributed by atoms with Gasteiger partial charge in [0.05, 0.1) is 17.8 Å². The van der Waals surface area contributed by atoms with Gasteiger partial charge in [0.25, 0.3) is 0 Å². The smallest absolute Gasteiger partial charge is 0.214 e. The van der Waals surface area contributed by atoms with Crippen molar-refractivity contribution in [3.63, 3.8) is 0 Å². The fourth-order valence-electron chi connectivity index (χ4n) is 2.33. The highest BCUT2D eigenvalue weighted by Crippen LogP contribution is 2.26. The number of ketones is 1. The molecule has 0 radical (unpaired) electrons. The number of nitrogens with zero attached hydrogens (tertiary/aromatic N) is 4. The van der Waals surface area contributed by atoms with Crippen LogP contribution in [0.4, 0.5) is 0 Å². The van der Waals surface area contributed by atoms with E-state index in [4.69, 9.17) is 4.74 Å². The second-order valence-corrected chi connectivity index (χ2v) is 8.51. The van der Waals surface area contributed by atoms with Crippen molar-refractivity contribution in [1.29, 1.82) is 0 Å². The number of tetrazole rings is 1. The third-order valence-corrected chi connectivity index (χ3v) is 5.74. The Labute approximate surface area is 160 Å². The summed E-state index contributed by atoms with van der Waals surface area (Å²) in [5.41, 5.74) is 1.09. The van der Waals surface area contributed by atoms with Crippen molar-refractivity contribution in [2.45, 2.75) is 10.1 Å². The Morgan fingerprint density at radius 2 is 1.85 bits per heavy atom. The van der Waals surface area contributed by atoms with E-state index in [0.717, 1.165) is 6.26 Å². The van der Waals surface area contributed by atoms with Crippen molar-refractivity contribution in [3.8, 4) is 11.4 Å². The Morgan fingerprint density at radius 1 is 1.15 bits per heavy atom. The quantitative estimate of drug-likeness (QED) is 0.435. The molecule has 0 aliphatic heterocycles. The van der Waals surface area contributed by atoms with Crippen LogP contribution >= 0.6 is 11.8 Å². The minimum atomic E-state index is -3.29. The molecular weight excluding hydrogens is 388 g/mol. The predicted octanol–water partition coefficient (Wildman–Crippen LogP) is 2.05. The molecule has 8 nitrogen and oxygen atoms in total. The number of thioether (sulfide) groups is 1. The molecule has 0 N–H and O–H groups in total. The van der Waals surface area contributed by atoms with Crippen molar-refractivity contribution >= 4 is 27.4 Å². The highest BCUT2D eigenvalue weighted by Gasteiger charge is 2.16. The average molecular weight is 404 g/mol. The number of benzene rings is 2. The van der Waals surface area contributed by atoms with Crippen LogP contribution in [-0.4, -0.2) is 53.5 Å². The first-order valence-corrected chi connectivity index (χ1v) is 10.7. The monoisotopic (exact) mass is 404 g/mol. The van der Waals surface area contributed by atoms with Crippen LogP contribution in [0, 0.1) is 0 Å². The maximum absolute atomic E-state index is 12.4. The number of methoxy groups -OCH3 is 1. The molecule has 0 fully saturated rings. The summed E-state index contributed by atoms with van der Waals surface area (Å²) in [5.74, 6) is 0.553. The minimum Gasteiger partial charge on any atom is -0.494 e. The molecule has 0 amide bonds. The van der Waals surface area contributed by atoms with Crippen LogP contribution in [0.3, 0.4) is 0 Å². The molecule has 27 heavy (non-hydrogen) atoms. The SMILES string of the molecule is COc1ccccc1-n1nnnc1SCC(=O)c1ccc(S(C)(=O)=O)cc1. The summed E-state index contributed by atoms with van der Waals surface area (Å²) in [6.45, 7) is 0. The van der Waals surface area contributed by atoms with E-state index in [-0.39, 0.29) is 16.4 Å². The zero-order valence-electron chi connectivity index (χ0n) is 14.6. The first-order chi connectivity index (χ1) is 12.9. The predicted molar refractivity (Wildman–Crippen MR) is 100 cm³/mol. The summed E-state index contributed by atoms with van der Waals surface area (Å²) < 4.78 is 29.8. The first-order valence-electron chi connectivity index (χ1n) is 7.78. The molecular formula is C17H16N4O4S2. The Bertz CT molecular complexity index is 1060. The van der Waals surface area contributed by atoms with Gasteiger partial charge in [-0.25, -0.2) is 8.42 Å². The number of aromatic nitrogens is 4. The normalized spacial score (nSPS) is 11.3. The third kappa shape index (κ3) is 4.34. The summed E-state index contributed by atoms with van der Waals surface area (Å²) in [4.78, 5) is 12.6. The van der Waals surface area contributed by atoms with Crippen LogP contribution in [0.2, 0.25) is 0 Å². The number of carbonyl (C=O) groups excluding carboxylic acids is 1. The molecule has 0 aliphatic carbocycles. The van der Waals surface area contributed by atoms with Crippen molar-refractivity contribution in [2.24, 2.45) is 0 Å². The topological polar surface area (TPSA) is 104 Å². The van der Waals surface area contributed by atoms with Crippen LogP contribution < -0.4 is 4.74 Å². The molecule has 2 aromatic carbocycles. The first kappa shape index (κ1) is 19.1. The minimum absolute atomic E-state index is 0.105. The van der Waals surface area contributed by atoms with E-state index < -0.39 is 9.84 Å². The molecule has 0 unspecified atom stereocenters. The van der Waals surface area contributed by atoms with Gasteiger partial charge in [-0.05, 0) is 34.7 Å². The lowest BCUT2D eigenvalue weighted by Gasteiger charge is -2.08. The number of hydrogen-bond acceptors (Lipinski definition) is 8. The largest absolute Gasteiger partial charge is 0.494 e. The van der Waals surface area contributed by atoms with Gasteiger partial charge in [0.2, 0.25) is 5.16 Å². The molecule has 10 heteroatoms. The van der Waals surface area contributed by atoms with Crippen molar-refractivity contribution in [1.82, 2.24) is 20.2 Å². The lowest BCUT2D eigenvalue weighted by molar-refractivity contribution is 0.102. The van der Waals surface area contributed by atoms with Gasteiger partial charge in [-0.1, -0.05) is 36.0 Å². The number of Topliss-reactive ketones (excluding diaryl/α,β-unsaturated/α-hetero) is 1. The molecule has 140 valence electrons. The number of hydrogen-bond donors (Lipinski definition) is 0. The Hall–Kier alpha value is -2.72. The summed E-state index contributed by atoms with van der Waals surface area (Å²) in [6, 6.07) is 13.1. The summed E-state index contributed by atoms with van der Waals surface area (Å²) in [6.07, 6.45) is 1.12. The van der Waals surface area contributed by atoms with Crippen LogP contribution in [0.15, 0.2) is 58.6 Å². The van der Waals surface area contributed by atoms with Gasteiger partial charge < -0.3 is 4.74 Å². The number of ether oxygens (including phenoxy) is 1. The highest BCUT2D eigenvalue weighted by molar-refractivity contribution is 7.99. The molecule has 3 aromatic rings. The van der Waals surface area contributed by atoms with E-state index in [0.29, 0.717) is 22.2 Å². The van der Waals surface area contributed by atoms with Gasteiger partial charge in [0.1, 0.15) is 11.4 Å². The standard InChI is InChI=1S/C17H16N4O4S2/c1-25-16-6-4-3-5-14(16)21-17(18-19-20-21)26-11-15(22)12-7-9-13(10-8-12)27(2,23)24/h3-10H,11H2,1-2H3. The Morgan fingerprint density at radius 3 is 2.52 bits per heavy atom. The maximum Gasteiger partial charge on any atom is 0.214 e. The molecule has 0 atom stereocenters. The number of carbonyl (C=O) groups is 1. The molecule has 0 spiro atoms. The third-order valence-electron chi connectivity index (χ3n) is 3.69. The van der Waals surface area contributed by atoms with Gasteiger partial charge >= 0.3 is 0 Å². The van der Waals surface area contributed by atoms with Crippen LogP contribution in [-0.2, 0) is 9.84 Å². The van der Waals surface area contributed by atoms with Crippen LogP contribution in [0.5, 0.6) is 5.75 Å².